The van der Waals surface area contributed by atoms with Crippen LogP contribution in [0.1, 0.15) is 25.7 Å². The Morgan fingerprint density at radius 3 is 2.77 bits per heavy atom. The highest BCUT2D eigenvalue weighted by atomic mass is 16.2. The van der Waals surface area contributed by atoms with Crippen molar-refractivity contribution in [2.24, 2.45) is 11.7 Å². The van der Waals surface area contributed by atoms with Crippen molar-refractivity contribution in [3.05, 3.63) is 12.2 Å². The molecule has 0 aromatic heterocycles. The molecule has 3 nitrogen and oxygen atoms in total. The van der Waals surface area contributed by atoms with Crippen molar-refractivity contribution in [1.82, 2.24) is 5.32 Å². The van der Waals surface area contributed by atoms with Gasteiger partial charge in [-0.2, -0.15) is 0 Å². The van der Waals surface area contributed by atoms with Crippen LogP contribution in [0, 0.1) is 5.92 Å². The zero-order valence-electron chi connectivity index (χ0n) is 7.70. The van der Waals surface area contributed by atoms with Gasteiger partial charge in [0.05, 0.1) is 0 Å². The van der Waals surface area contributed by atoms with Crippen molar-refractivity contribution in [2.45, 2.75) is 37.8 Å². The highest BCUT2D eigenvalue weighted by Gasteiger charge is 2.36. The number of carbonyl (C=O) groups excluding carboxylic acids is 1. The molecule has 2 aliphatic rings. The minimum Gasteiger partial charge on any atom is -0.351 e. The quantitative estimate of drug-likeness (QED) is 0.610. The van der Waals surface area contributed by atoms with Gasteiger partial charge in [0.2, 0.25) is 5.91 Å². The van der Waals surface area contributed by atoms with Gasteiger partial charge >= 0.3 is 0 Å². The van der Waals surface area contributed by atoms with Gasteiger partial charge in [0.25, 0.3) is 0 Å². The van der Waals surface area contributed by atoms with Gasteiger partial charge in [0, 0.05) is 18.0 Å². The van der Waals surface area contributed by atoms with Crippen LogP contribution in [-0.2, 0) is 4.79 Å². The summed E-state index contributed by atoms with van der Waals surface area (Å²) in [5.74, 6) is 0.389. The maximum absolute atomic E-state index is 11.6. The molecule has 2 aliphatic carbocycles. The molecule has 0 aromatic carbocycles. The van der Waals surface area contributed by atoms with E-state index in [-0.39, 0.29) is 23.9 Å². The van der Waals surface area contributed by atoms with Crippen LogP contribution < -0.4 is 11.1 Å². The van der Waals surface area contributed by atoms with E-state index in [4.69, 9.17) is 5.73 Å². The molecule has 0 saturated heterocycles. The monoisotopic (exact) mass is 180 g/mol. The molecule has 0 spiro atoms. The Hall–Kier alpha value is -0.830. The van der Waals surface area contributed by atoms with Gasteiger partial charge in [0.15, 0.2) is 0 Å². The van der Waals surface area contributed by atoms with Crippen LogP contribution in [0.3, 0.4) is 0 Å². The van der Waals surface area contributed by atoms with Crippen molar-refractivity contribution < 1.29 is 4.79 Å². The van der Waals surface area contributed by atoms with E-state index in [1.54, 1.807) is 0 Å². The first kappa shape index (κ1) is 8.75. The smallest absolute Gasteiger partial charge is 0.223 e. The molecule has 2 rings (SSSR count). The van der Waals surface area contributed by atoms with Crippen molar-refractivity contribution in [2.75, 3.05) is 0 Å². The molecular formula is C10H16N2O. The second-order valence-electron chi connectivity index (χ2n) is 4.00. The highest BCUT2D eigenvalue weighted by Crippen LogP contribution is 2.22. The summed E-state index contributed by atoms with van der Waals surface area (Å²) in [6.07, 6.45) is 8.12. The normalized spacial score (nSPS) is 37.2. The van der Waals surface area contributed by atoms with Crippen molar-refractivity contribution in [3.63, 3.8) is 0 Å². The number of nitrogens with one attached hydrogen (secondary N) is 1. The standard InChI is InChI=1S/C10H16N2O/c11-8-6-9(8)12-10(13)7-4-2-1-3-5-7/h1-2,7-9H,3-6,11H2,(H,12,13). The Bertz CT molecular complexity index is 237. The summed E-state index contributed by atoms with van der Waals surface area (Å²) in [4.78, 5) is 11.6. The minimum atomic E-state index is 0.192. The number of hydrogen-bond donors (Lipinski definition) is 2. The molecule has 0 bridgehead atoms. The lowest BCUT2D eigenvalue weighted by Gasteiger charge is -2.16. The molecule has 3 atom stereocenters. The van der Waals surface area contributed by atoms with E-state index in [1.165, 1.54) is 0 Å². The van der Waals surface area contributed by atoms with Crippen LogP contribution in [-0.4, -0.2) is 18.0 Å². The molecule has 3 unspecified atom stereocenters. The predicted molar refractivity (Wildman–Crippen MR) is 51.0 cm³/mol. The van der Waals surface area contributed by atoms with Gasteiger partial charge in [-0.15, -0.1) is 0 Å². The van der Waals surface area contributed by atoms with Crippen LogP contribution in [0.5, 0.6) is 0 Å². The van der Waals surface area contributed by atoms with E-state index in [9.17, 15) is 4.79 Å². The third-order valence-electron chi connectivity index (χ3n) is 2.81. The maximum Gasteiger partial charge on any atom is 0.223 e. The van der Waals surface area contributed by atoms with Crippen molar-refractivity contribution in [3.8, 4) is 0 Å². The molecule has 72 valence electrons. The second-order valence-corrected chi connectivity index (χ2v) is 4.00. The third-order valence-corrected chi connectivity index (χ3v) is 2.81. The van der Waals surface area contributed by atoms with Crippen LogP contribution >= 0.6 is 0 Å². The molecule has 13 heavy (non-hydrogen) atoms. The molecule has 0 radical (unpaired) electrons. The summed E-state index contributed by atoms with van der Waals surface area (Å²) < 4.78 is 0. The number of rotatable bonds is 2. The van der Waals surface area contributed by atoms with Crippen LogP contribution in [0.25, 0.3) is 0 Å². The summed E-state index contributed by atoms with van der Waals surface area (Å²) in [7, 11) is 0. The van der Waals surface area contributed by atoms with E-state index >= 15 is 0 Å². The van der Waals surface area contributed by atoms with E-state index in [1.807, 2.05) is 0 Å². The fourth-order valence-corrected chi connectivity index (χ4v) is 1.71. The highest BCUT2D eigenvalue weighted by molar-refractivity contribution is 5.79. The van der Waals surface area contributed by atoms with Crippen LogP contribution in [0.2, 0.25) is 0 Å². The van der Waals surface area contributed by atoms with Crippen molar-refractivity contribution in [1.29, 1.82) is 0 Å². The fourth-order valence-electron chi connectivity index (χ4n) is 1.71. The van der Waals surface area contributed by atoms with E-state index in [0.717, 1.165) is 25.7 Å². The Morgan fingerprint density at radius 1 is 1.46 bits per heavy atom. The summed E-state index contributed by atoms with van der Waals surface area (Å²) in [6, 6.07) is 0.474. The zero-order valence-corrected chi connectivity index (χ0v) is 7.70. The molecule has 0 aromatic rings. The molecule has 0 heterocycles. The third kappa shape index (κ3) is 2.10. The number of nitrogens with two attached hydrogens (primary N) is 1. The number of allylic oxidation sites excluding steroid dienone is 2. The van der Waals surface area contributed by atoms with Crippen LogP contribution in [0.4, 0.5) is 0 Å². The zero-order chi connectivity index (χ0) is 9.26. The molecule has 1 amide bonds. The van der Waals surface area contributed by atoms with Crippen LogP contribution in [0.15, 0.2) is 12.2 Å². The lowest BCUT2D eigenvalue weighted by atomic mass is 9.94. The number of amides is 1. The largest absolute Gasteiger partial charge is 0.351 e. The van der Waals surface area contributed by atoms with Gasteiger partial charge in [-0.3, -0.25) is 4.79 Å². The first-order chi connectivity index (χ1) is 6.27. The van der Waals surface area contributed by atoms with E-state index < -0.39 is 0 Å². The lowest BCUT2D eigenvalue weighted by Crippen LogP contribution is -2.35. The number of carbonyl (C=O) groups is 1. The Morgan fingerprint density at radius 2 is 2.23 bits per heavy atom. The van der Waals surface area contributed by atoms with E-state index in [0.29, 0.717) is 0 Å². The lowest BCUT2D eigenvalue weighted by molar-refractivity contribution is -0.125. The molecular weight excluding hydrogens is 164 g/mol. The molecule has 3 N–H and O–H groups in total. The summed E-state index contributed by atoms with van der Waals surface area (Å²) >= 11 is 0. The van der Waals surface area contributed by atoms with Gasteiger partial charge in [-0.25, -0.2) is 0 Å². The Kier molecular flexibility index (Phi) is 2.36. The van der Waals surface area contributed by atoms with E-state index in [2.05, 4.69) is 17.5 Å². The molecule has 1 saturated carbocycles. The number of hydrogen-bond acceptors (Lipinski definition) is 2. The summed E-state index contributed by atoms with van der Waals surface area (Å²) in [5, 5.41) is 2.98. The topological polar surface area (TPSA) is 55.1 Å². The second kappa shape index (κ2) is 3.50. The fraction of sp³-hybridized carbons (Fsp3) is 0.700. The maximum atomic E-state index is 11.6. The minimum absolute atomic E-state index is 0.192. The summed E-state index contributed by atoms with van der Waals surface area (Å²) in [5.41, 5.74) is 5.62. The van der Waals surface area contributed by atoms with Gasteiger partial charge in [0.1, 0.15) is 0 Å². The van der Waals surface area contributed by atoms with Gasteiger partial charge in [-0.05, 0) is 25.7 Å². The molecule has 0 aliphatic heterocycles. The van der Waals surface area contributed by atoms with Crippen molar-refractivity contribution >= 4 is 5.91 Å². The summed E-state index contributed by atoms with van der Waals surface area (Å²) in [6.45, 7) is 0. The molecule has 3 heteroatoms. The molecule has 1 fully saturated rings. The van der Waals surface area contributed by atoms with Gasteiger partial charge < -0.3 is 11.1 Å². The first-order valence-electron chi connectivity index (χ1n) is 4.98. The Balaban J connectivity index is 1.79. The van der Waals surface area contributed by atoms with Gasteiger partial charge in [-0.1, -0.05) is 12.2 Å². The predicted octanol–water partition coefficient (Wildman–Crippen LogP) is 0.558. The SMILES string of the molecule is NC1CC1NC(=O)C1CC=CCC1. The average molecular weight is 180 g/mol. The average Bonchev–Trinajstić information content (AvgIpc) is 2.83. The first-order valence-corrected chi connectivity index (χ1v) is 4.98. The Labute approximate surface area is 78.4 Å².